The van der Waals surface area contributed by atoms with Crippen molar-refractivity contribution in [1.29, 1.82) is 0 Å². The van der Waals surface area contributed by atoms with Gasteiger partial charge in [-0.1, -0.05) is 12.1 Å². The predicted octanol–water partition coefficient (Wildman–Crippen LogP) is 1.84. The van der Waals surface area contributed by atoms with E-state index in [-0.39, 0.29) is 11.9 Å². The molecule has 1 amide bonds. The number of hydrogen-bond acceptors (Lipinski definition) is 3. The fourth-order valence-electron chi connectivity index (χ4n) is 2.25. The Hall–Kier alpha value is -1.55. The Morgan fingerprint density at radius 1 is 1.32 bits per heavy atom. The molecule has 104 valence electrons. The van der Waals surface area contributed by atoms with E-state index < -0.39 is 0 Å². The fraction of sp³-hybridized carbons (Fsp3) is 0.533. The Labute approximate surface area is 114 Å². The summed E-state index contributed by atoms with van der Waals surface area (Å²) in [5.74, 6) is 1.02. The maximum atomic E-state index is 11.8. The Balaban J connectivity index is 1.85. The van der Waals surface area contributed by atoms with Crippen molar-refractivity contribution in [3.8, 4) is 5.75 Å². The number of amides is 1. The Morgan fingerprint density at radius 2 is 2.11 bits per heavy atom. The summed E-state index contributed by atoms with van der Waals surface area (Å²) >= 11 is 0. The topological polar surface area (TPSA) is 50.4 Å². The summed E-state index contributed by atoms with van der Waals surface area (Å²) in [7, 11) is 0. The molecule has 19 heavy (non-hydrogen) atoms. The van der Waals surface area contributed by atoms with Gasteiger partial charge in [-0.3, -0.25) is 4.79 Å². The third-order valence-electron chi connectivity index (χ3n) is 3.32. The van der Waals surface area contributed by atoms with Crippen LogP contribution in [0, 0.1) is 0 Å². The van der Waals surface area contributed by atoms with E-state index in [1.807, 2.05) is 31.2 Å². The number of nitrogens with one attached hydrogen (secondary N) is 2. The highest BCUT2D eigenvalue weighted by Crippen LogP contribution is 2.12. The summed E-state index contributed by atoms with van der Waals surface area (Å²) in [6.45, 7) is 4.17. The molecule has 1 aromatic carbocycles. The van der Waals surface area contributed by atoms with E-state index in [2.05, 4.69) is 10.6 Å². The van der Waals surface area contributed by atoms with Gasteiger partial charge in [0.2, 0.25) is 5.91 Å². The molecule has 4 nitrogen and oxygen atoms in total. The highest BCUT2D eigenvalue weighted by Gasteiger charge is 2.19. The van der Waals surface area contributed by atoms with Gasteiger partial charge >= 0.3 is 0 Å². The van der Waals surface area contributed by atoms with Crippen molar-refractivity contribution >= 4 is 5.91 Å². The zero-order valence-electron chi connectivity index (χ0n) is 11.4. The van der Waals surface area contributed by atoms with Crippen LogP contribution < -0.4 is 15.4 Å². The van der Waals surface area contributed by atoms with Crippen LogP contribution in [0.2, 0.25) is 0 Å². The minimum atomic E-state index is -0.0610. The van der Waals surface area contributed by atoms with Crippen LogP contribution in [-0.4, -0.2) is 25.1 Å². The van der Waals surface area contributed by atoms with Crippen molar-refractivity contribution < 1.29 is 9.53 Å². The SMILES string of the molecule is CCOc1ccc(CNC2CCCCNC2=O)cc1. The first-order valence-electron chi connectivity index (χ1n) is 7.02. The molecule has 1 fully saturated rings. The van der Waals surface area contributed by atoms with Crippen LogP contribution >= 0.6 is 0 Å². The second kappa shape index (κ2) is 7.14. The summed E-state index contributed by atoms with van der Waals surface area (Å²) in [6, 6.07) is 7.94. The van der Waals surface area contributed by atoms with E-state index in [0.717, 1.165) is 31.6 Å². The minimum Gasteiger partial charge on any atom is -0.494 e. The predicted molar refractivity (Wildman–Crippen MR) is 75.1 cm³/mol. The number of carbonyl (C=O) groups is 1. The average Bonchev–Trinajstić information content (AvgIpc) is 2.63. The molecule has 0 bridgehead atoms. The van der Waals surface area contributed by atoms with E-state index >= 15 is 0 Å². The lowest BCUT2D eigenvalue weighted by Gasteiger charge is -2.15. The summed E-state index contributed by atoms with van der Waals surface area (Å²) in [6.07, 6.45) is 3.09. The average molecular weight is 262 g/mol. The van der Waals surface area contributed by atoms with E-state index in [4.69, 9.17) is 4.74 Å². The van der Waals surface area contributed by atoms with Crippen molar-refractivity contribution in [3.63, 3.8) is 0 Å². The van der Waals surface area contributed by atoms with E-state index in [9.17, 15) is 4.79 Å². The molecule has 2 rings (SSSR count). The third kappa shape index (κ3) is 4.24. The van der Waals surface area contributed by atoms with Gasteiger partial charge in [0.05, 0.1) is 12.6 Å². The van der Waals surface area contributed by atoms with Gasteiger partial charge in [0.1, 0.15) is 5.75 Å². The molecule has 1 unspecified atom stereocenters. The molecule has 0 aromatic heterocycles. The Kier molecular flexibility index (Phi) is 5.21. The number of carbonyl (C=O) groups excluding carboxylic acids is 1. The molecule has 1 saturated heterocycles. The smallest absolute Gasteiger partial charge is 0.237 e. The summed E-state index contributed by atoms with van der Waals surface area (Å²) in [5, 5.41) is 6.26. The van der Waals surface area contributed by atoms with Crippen LogP contribution in [0.1, 0.15) is 31.7 Å². The first-order valence-corrected chi connectivity index (χ1v) is 7.02. The van der Waals surface area contributed by atoms with Gasteiger partial charge in [-0.05, 0) is 43.9 Å². The summed E-state index contributed by atoms with van der Waals surface area (Å²) in [5.41, 5.74) is 1.17. The van der Waals surface area contributed by atoms with Crippen molar-refractivity contribution in [1.82, 2.24) is 10.6 Å². The number of benzene rings is 1. The quantitative estimate of drug-likeness (QED) is 0.851. The van der Waals surface area contributed by atoms with Crippen molar-refractivity contribution in [3.05, 3.63) is 29.8 Å². The first kappa shape index (κ1) is 13.9. The largest absolute Gasteiger partial charge is 0.494 e. The van der Waals surface area contributed by atoms with Crippen molar-refractivity contribution in [2.75, 3.05) is 13.2 Å². The molecular formula is C15H22N2O2. The lowest BCUT2D eigenvalue weighted by atomic mass is 10.1. The molecule has 0 spiro atoms. The maximum Gasteiger partial charge on any atom is 0.237 e. The Bertz CT molecular complexity index is 403. The first-order chi connectivity index (χ1) is 9.29. The third-order valence-corrected chi connectivity index (χ3v) is 3.32. The van der Waals surface area contributed by atoms with E-state index in [0.29, 0.717) is 13.2 Å². The number of hydrogen-bond donors (Lipinski definition) is 2. The van der Waals surface area contributed by atoms with Crippen LogP contribution in [-0.2, 0) is 11.3 Å². The highest BCUT2D eigenvalue weighted by molar-refractivity contribution is 5.81. The molecule has 1 aliphatic rings. The molecular weight excluding hydrogens is 240 g/mol. The molecule has 2 N–H and O–H groups in total. The number of ether oxygens (including phenoxy) is 1. The molecule has 1 aliphatic heterocycles. The summed E-state index contributed by atoms with van der Waals surface area (Å²) in [4.78, 5) is 11.8. The highest BCUT2D eigenvalue weighted by atomic mass is 16.5. The molecule has 0 aliphatic carbocycles. The van der Waals surface area contributed by atoms with Gasteiger partial charge in [-0.2, -0.15) is 0 Å². The van der Waals surface area contributed by atoms with Gasteiger partial charge in [-0.25, -0.2) is 0 Å². The lowest BCUT2D eigenvalue weighted by molar-refractivity contribution is -0.122. The van der Waals surface area contributed by atoms with Crippen molar-refractivity contribution in [2.45, 2.75) is 38.8 Å². The number of rotatable bonds is 5. The molecule has 0 radical (unpaired) electrons. The van der Waals surface area contributed by atoms with Gasteiger partial charge in [0, 0.05) is 13.1 Å². The van der Waals surface area contributed by atoms with Gasteiger partial charge < -0.3 is 15.4 Å². The molecule has 4 heteroatoms. The molecule has 1 aromatic rings. The van der Waals surface area contributed by atoms with Crippen LogP contribution in [0.3, 0.4) is 0 Å². The standard InChI is InChI=1S/C15H22N2O2/c1-2-19-13-8-6-12(7-9-13)11-17-14-5-3-4-10-16-15(14)18/h6-9,14,17H,2-5,10-11H2,1H3,(H,16,18). The van der Waals surface area contributed by atoms with Crippen LogP contribution in [0.15, 0.2) is 24.3 Å². The van der Waals surface area contributed by atoms with Crippen LogP contribution in [0.25, 0.3) is 0 Å². The second-order valence-electron chi connectivity index (χ2n) is 4.80. The van der Waals surface area contributed by atoms with E-state index in [1.165, 1.54) is 5.56 Å². The molecule has 0 saturated carbocycles. The normalized spacial score (nSPS) is 19.6. The zero-order chi connectivity index (χ0) is 13.5. The van der Waals surface area contributed by atoms with Crippen LogP contribution in [0.5, 0.6) is 5.75 Å². The maximum absolute atomic E-state index is 11.8. The zero-order valence-corrected chi connectivity index (χ0v) is 11.4. The fourth-order valence-corrected chi connectivity index (χ4v) is 2.25. The Morgan fingerprint density at radius 3 is 2.84 bits per heavy atom. The van der Waals surface area contributed by atoms with Gasteiger partial charge in [-0.15, -0.1) is 0 Å². The van der Waals surface area contributed by atoms with Gasteiger partial charge in [0.25, 0.3) is 0 Å². The van der Waals surface area contributed by atoms with Crippen LogP contribution in [0.4, 0.5) is 0 Å². The summed E-state index contributed by atoms with van der Waals surface area (Å²) < 4.78 is 5.40. The molecule has 1 heterocycles. The second-order valence-corrected chi connectivity index (χ2v) is 4.80. The van der Waals surface area contributed by atoms with Gasteiger partial charge in [0.15, 0.2) is 0 Å². The monoisotopic (exact) mass is 262 g/mol. The lowest BCUT2D eigenvalue weighted by Crippen LogP contribution is -2.42. The minimum absolute atomic E-state index is 0.0610. The molecule has 1 atom stereocenters. The van der Waals surface area contributed by atoms with Crippen molar-refractivity contribution in [2.24, 2.45) is 0 Å². The van der Waals surface area contributed by atoms with E-state index in [1.54, 1.807) is 0 Å².